The molecule has 0 aliphatic carbocycles. The number of rotatable bonds is 2. The zero-order chi connectivity index (χ0) is 11.7. The maximum atomic E-state index is 10.4. The molecule has 17 heavy (non-hydrogen) atoms. The molecule has 1 aromatic heterocycles. The number of fused-ring (bicyclic) bond motifs is 1. The fourth-order valence-electron chi connectivity index (χ4n) is 2.36. The molecule has 0 saturated carbocycles. The van der Waals surface area contributed by atoms with E-state index in [0.29, 0.717) is 6.61 Å². The van der Waals surface area contributed by atoms with Gasteiger partial charge in [-0.05, 0) is 23.9 Å². The third kappa shape index (κ3) is 1.96. The molecule has 0 fully saturated rings. The van der Waals surface area contributed by atoms with E-state index in [1.807, 2.05) is 35.7 Å². The summed E-state index contributed by atoms with van der Waals surface area (Å²) in [6.07, 6.45) is 0.454. The van der Waals surface area contributed by atoms with Crippen LogP contribution >= 0.6 is 11.3 Å². The van der Waals surface area contributed by atoms with Crippen molar-refractivity contribution in [2.24, 2.45) is 0 Å². The summed E-state index contributed by atoms with van der Waals surface area (Å²) in [5.74, 6) is 1.07. The van der Waals surface area contributed by atoms with Crippen molar-refractivity contribution in [3.63, 3.8) is 0 Å². The molecule has 0 spiro atoms. The van der Waals surface area contributed by atoms with Crippen LogP contribution in [0.25, 0.3) is 0 Å². The van der Waals surface area contributed by atoms with Crippen LogP contribution in [-0.2, 0) is 0 Å². The van der Waals surface area contributed by atoms with Crippen molar-refractivity contribution in [2.45, 2.75) is 18.4 Å². The summed E-state index contributed by atoms with van der Waals surface area (Å²) in [5.41, 5.74) is 1.12. The smallest absolute Gasteiger partial charge is 0.122 e. The van der Waals surface area contributed by atoms with E-state index in [9.17, 15) is 5.11 Å². The first-order valence-electron chi connectivity index (χ1n) is 5.79. The highest BCUT2D eigenvalue weighted by molar-refractivity contribution is 7.10. The van der Waals surface area contributed by atoms with Crippen LogP contribution in [0.3, 0.4) is 0 Å². The van der Waals surface area contributed by atoms with Gasteiger partial charge in [-0.3, -0.25) is 0 Å². The Kier molecular flexibility index (Phi) is 2.87. The molecule has 2 nitrogen and oxygen atoms in total. The molecule has 2 unspecified atom stereocenters. The zero-order valence-electron chi connectivity index (χ0n) is 9.37. The third-order valence-electron chi connectivity index (χ3n) is 3.22. The van der Waals surface area contributed by atoms with E-state index in [1.54, 1.807) is 11.3 Å². The highest BCUT2D eigenvalue weighted by Crippen LogP contribution is 2.42. The maximum absolute atomic E-state index is 10.4. The van der Waals surface area contributed by atoms with Crippen molar-refractivity contribution >= 4 is 11.3 Å². The van der Waals surface area contributed by atoms with Gasteiger partial charge in [0.15, 0.2) is 0 Å². The van der Waals surface area contributed by atoms with E-state index in [4.69, 9.17) is 4.74 Å². The Morgan fingerprint density at radius 1 is 1.24 bits per heavy atom. The lowest BCUT2D eigenvalue weighted by atomic mass is 9.87. The number of para-hydroxylation sites is 1. The van der Waals surface area contributed by atoms with Crippen LogP contribution < -0.4 is 4.74 Å². The minimum absolute atomic E-state index is 0.151. The van der Waals surface area contributed by atoms with E-state index in [2.05, 4.69) is 6.07 Å². The van der Waals surface area contributed by atoms with Gasteiger partial charge in [-0.1, -0.05) is 24.3 Å². The predicted molar refractivity (Wildman–Crippen MR) is 68.6 cm³/mol. The van der Waals surface area contributed by atoms with E-state index in [0.717, 1.165) is 22.6 Å². The summed E-state index contributed by atoms with van der Waals surface area (Å²) >= 11 is 1.61. The average molecular weight is 246 g/mol. The molecule has 1 aliphatic rings. The second kappa shape index (κ2) is 4.51. The summed E-state index contributed by atoms with van der Waals surface area (Å²) in [6.45, 7) is 0.685. The summed E-state index contributed by atoms with van der Waals surface area (Å²) < 4.78 is 5.61. The maximum Gasteiger partial charge on any atom is 0.122 e. The Morgan fingerprint density at radius 2 is 2.12 bits per heavy atom. The Bertz CT molecular complexity index is 493. The van der Waals surface area contributed by atoms with Crippen LogP contribution in [0.4, 0.5) is 0 Å². The molecule has 0 bridgehead atoms. The number of hydrogen-bond donors (Lipinski definition) is 1. The van der Waals surface area contributed by atoms with Gasteiger partial charge in [0.1, 0.15) is 5.75 Å². The molecule has 2 atom stereocenters. The number of ether oxygens (including phenoxy) is 1. The molecule has 3 rings (SSSR count). The predicted octanol–water partition coefficient (Wildman–Crippen LogP) is 3.35. The SMILES string of the molecule is OC(c1cccs1)C1CCOc2ccccc21. The molecule has 2 aromatic rings. The van der Waals surface area contributed by atoms with Gasteiger partial charge in [0.25, 0.3) is 0 Å². The number of hydrogen-bond acceptors (Lipinski definition) is 3. The van der Waals surface area contributed by atoms with Gasteiger partial charge in [0, 0.05) is 16.4 Å². The van der Waals surface area contributed by atoms with E-state index < -0.39 is 6.10 Å². The fourth-order valence-corrected chi connectivity index (χ4v) is 3.13. The van der Waals surface area contributed by atoms with Crippen LogP contribution in [0.15, 0.2) is 41.8 Å². The largest absolute Gasteiger partial charge is 0.493 e. The quantitative estimate of drug-likeness (QED) is 0.880. The van der Waals surface area contributed by atoms with Crippen LogP contribution in [0, 0.1) is 0 Å². The van der Waals surface area contributed by atoms with Crippen LogP contribution in [0.5, 0.6) is 5.75 Å². The third-order valence-corrected chi connectivity index (χ3v) is 4.16. The molecule has 1 N–H and O–H groups in total. The van der Waals surface area contributed by atoms with Crippen LogP contribution in [0.2, 0.25) is 0 Å². The second-order valence-electron chi connectivity index (χ2n) is 4.24. The fraction of sp³-hybridized carbons (Fsp3) is 0.286. The van der Waals surface area contributed by atoms with Crippen LogP contribution in [-0.4, -0.2) is 11.7 Å². The number of thiophene rings is 1. The number of benzene rings is 1. The lowest BCUT2D eigenvalue weighted by Crippen LogP contribution is -2.19. The first-order valence-corrected chi connectivity index (χ1v) is 6.67. The molecule has 3 heteroatoms. The van der Waals surface area contributed by atoms with Crippen molar-refractivity contribution in [2.75, 3.05) is 6.61 Å². The van der Waals surface area contributed by atoms with Gasteiger partial charge >= 0.3 is 0 Å². The van der Waals surface area contributed by atoms with Gasteiger partial charge in [-0.15, -0.1) is 11.3 Å². The minimum atomic E-state index is -0.417. The topological polar surface area (TPSA) is 29.5 Å². The molecule has 1 aliphatic heterocycles. The molecular formula is C14H14O2S. The molecule has 0 saturated heterocycles. The Balaban J connectivity index is 1.95. The Hall–Kier alpha value is -1.32. The standard InChI is InChI=1S/C14H14O2S/c15-14(13-6-3-9-17-13)11-7-8-16-12-5-2-1-4-10(11)12/h1-6,9,11,14-15H,7-8H2. The summed E-state index contributed by atoms with van der Waals surface area (Å²) in [7, 11) is 0. The molecule has 2 heterocycles. The Morgan fingerprint density at radius 3 is 2.94 bits per heavy atom. The number of aliphatic hydroxyl groups is 1. The van der Waals surface area contributed by atoms with Crippen LogP contribution in [0.1, 0.15) is 28.9 Å². The van der Waals surface area contributed by atoms with E-state index in [-0.39, 0.29) is 5.92 Å². The normalized spacial score (nSPS) is 20.4. The van der Waals surface area contributed by atoms with E-state index in [1.165, 1.54) is 0 Å². The molecule has 0 radical (unpaired) electrons. The second-order valence-corrected chi connectivity index (χ2v) is 5.22. The number of aliphatic hydroxyl groups excluding tert-OH is 1. The van der Waals surface area contributed by atoms with Gasteiger partial charge in [0.05, 0.1) is 12.7 Å². The molecule has 0 amide bonds. The highest BCUT2D eigenvalue weighted by atomic mass is 32.1. The molecule has 88 valence electrons. The molecular weight excluding hydrogens is 232 g/mol. The van der Waals surface area contributed by atoms with Gasteiger partial charge in [0.2, 0.25) is 0 Å². The van der Waals surface area contributed by atoms with Crippen molar-refractivity contribution in [3.05, 3.63) is 52.2 Å². The lowest BCUT2D eigenvalue weighted by Gasteiger charge is -2.29. The van der Waals surface area contributed by atoms with Crippen molar-refractivity contribution in [3.8, 4) is 5.75 Å². The first kappa shape index (κ1) is 10.8. The van der Waals surface area contributed by atoms with Gasteiger partial charge in [-0.25, -0.2) is 0 Å². The lowest BCUT2D eigenvalue weighted by molar-refractivity contribution is 0.120. The van der Waals surface area contributed by atoms with Gasteiger partial charge in [-0.2, -0.15) is 0 Å². The monoisotopic (exact) mass is 246 g/mol. The average Bonchev–Trinajstić information content (AvgIpc) is 2.91. The first-order chi connectivity index (χ1) is 8.36. The van der Waals surface area contributed by atoms with E-state index >= 15 is 0 Å². The van der Waals surface area contributed by atoms with Crippen molar-refractivity contribution < 1.29 is 9.84 Å². The minimum Gasteiger partial charge on any atom is -0.493 e. The summed E-state index contributed by atoms with van der Waals surface area (Å²) in [5, 5.41) is 12.4. The zero-order valence-corrected chi connectivity index (χ0v) is 10.2. The summed E-state index contributed by atoms with van der Waals surface area (Å²) in [4.78, 5) is 1.03. The van der Waals surface area contributed by atoms with Gasteiger partial charge < -0.3 is 9.84 Å². The van der Waals surface area contributed by atoms with Crippen molar-refractivity contribution in [1.29, 1.82) is 0 Å². The highest BCUT2D eigenvalue weighted by Gasteiger charge is 2.28. The molecule has 1 aromatic carbocycles. The Labute approximate surface area is 104 Å². The summed E-state index contributed by atoms with van der Waals surface area (Å²) in [6, 6.07) is 12.0. The van der Waals surface area contributed by atoms with Crippen molar-refractivity contribution in [1.82, 2.24) is 0 Å².